The molecule has 2 atom stereocenters. The molecule has 26 heavy (non-hydrogen) atoms. The number of ether oxygens (including phenoxy) is 2. The Hall–Kier alpha value is -3.02. The molecule has 1 aliphatic rings. The molecule has 0 fully saturated rings. The van der Waals surface area contributed by atoms with E-state index in [4.69, 9.17) is 9.47 Å². The first-order valence-electron chi connectivity index (χ1n) is 8.22. The van der Waals surface area contributed by atoms with Crippen molar-refractivity contribution in [1.82, 2.24) is 0 Å². The summed E-state index contributed by atoms with van der Waals surface area (Å²) in [5, 5.41) is 8.75. The molecule has 6 nitrogen and oxygen atoms in total. The second-order valence-electron chi connectivity index (χ2n) is 6.29. The number of esters is 2. The third kappa shape index (κ3) is 2.49. The van der Waals surface area contributed by atoms with Crippen molar-refractivity contribution in [3.63, 3.8) is 0 Å². The molecule has 0 aliphatic carbocycles. The molecule has 3 rings (SSSR count). The zero-order chi connectivity index (χ0) is 18.8. The van der Waals surface area contributed by atoms with Gasteiger partial charge in [-0.15, -0.1) is 0 Å². The summed E-state index contributed by atoms with van der Waals surface area (Å²) in [6.07, 6.45) is 0. The normalized spacial score (nSPS) is 23.4. The minimum Gasteiger partial charge on any atom is -0.469 e. The molecule has 2 aromatic rings. The highest BCUT2D eigenvalue weighted by molar-refractivity contribution is 5.91. The van der Waals surface area contributed by atoms with Gasteiger partial charge in [-0.2, -0.15) is 10.2 Å². The summed E-state index contributed by atoms with van der Waals surface area (Å²) in [5.74, 6) is -2.21. The second-order valence-corrected chi connectivity index (χ2v) is 6.29. The van der Waals surface area contributed by atoms with Crippen molar-refractivity contribution in [3.05, 3.63) is 71.8 Å². The monoisotopic (exact) mass is 352 g/mol. The van der Waals surface area contributed by atoms with Gasteiger partial charge in [-0.1, -0.05) is 60.7 Å². The Morgan fingerprint density at radius 1 is 0.846 bits per heavy atom. The zero-order valence-electron chi connectivity index (χ0n) is 14.9. The van der Waals surface area contributed by atoms with Crippen molar-refractivity contribution in [2.75, 3.05) is 14.2 Å². The van der Waals surface area contributed by atoms with Gasteiger partial charge >= 0.3 is 11.9 Å². The van der Waals surface area contributed by atoms with Crippen LogP contribution in [0.3, 0.4) is 0 Å². The molecule has 0 saturated carbocycles. The maximum Gasteiger partial charge on any atom is 0.336 e. The Bertz CT molecular complexity index is 796. The predicted octanol–water partition coefficient (Wildman–Crippen LogP) is 3.12. The lowest BCUT2D eigenvalue weighted by molar-refractivity contribution is -0.159. The number of hydrogen-bond acceptors (Lipinski definition) is 6. The highest BCUT2D eigenvalue weighted by Gasteiger charge is 2.64. The fourth-order valence-corrected chi connectivity index (χ4v) is 3.59. The van der Waals surface area contributed by atoms with Gasteiger partial charge in [0.15, 0.2) is 5.54 Å². The van der Waals surface area contributed by atoms with Crippen LogP contribution in [0.25, 0.3) is 0 Å². The number of nitrogens with zero attached hydrogens (tertiary/aromatic N) is 2. The van der Waals surface area contributed by atoms with E-state index in [2.05, 4.69) is 10.2 Å². The van der Waals surface area contributed by atoms with Gasteiger partial charge in [-0.05, 0) is 18.1 Å². The highest BCUT2D eigenvalue weighted by Crippen LogP contribution is 2.52. The van der Waals surface area contributed by atoms with Crippen LogP contribution >= 0.6 is 0 Å². The molecule has 6 heteroatoms. The molecule has 0 saturated heterocycles. The van der Waals surface area contributed by atoms with Crippen LogP contribution in [0, 0.1) is 5.92 Å². The highest BCUT2D eigenvalue weighted by atomic mass is 16.5. The van der Waals surface area contributed by atoms with E-state index >= 15 is 0 Å². The predicted molar refractivity (Wildman–Crippen MR) is 94.4 cm³/mol. The van der Waals surface area contributed by atoms with E-state index in [1.807, 2.05) is 60.7 Å². The summed E-state index contributed by atoms with van der Waals surface area (Å²) in [5.41, 5.74) is -1.18. The Morgan fingerprint density at radius 2 is 1.35 bits per heavy atom. The topological polar surface area (TPSA) is 77.3 Å². The zero-order valence-corrected chi connectivity index (χ0v) is 14.9. The number of carbonyl (C=O) groups excluding carboxylic acids is 2. The van der Waals surface area contributed by atoms with Crippen molar-refractivity contribution in [3.8, 4) is 0 Å². The van der Waals surface area contributed by atoms with Gasteiger partial charge < -0.3 is 9.47 Å². The van der Waals surface area contributed by atoms with Crippen molar-refractivity contribution >= 4 is 11.9 Å². The molecular formula is C20H20N2O4. The van der Waals surface area contributed by atoms with Crippen molar-refractivity contribution in [2.45, 2.75) is 18.0 Å². The fourth-order valence-electron chi connectivity index (χ4n) is 3.59. The SMILES string of the molecule is COC(=O)[C@H]1C(c2ccccc2)(c2ccccc2)N=N[C@@]1(C)C(=O)OC. The summed E-state index contributed by atoms with van der Waals surface area (Å²) >= 11 is 0. The van der Waals surface area contributed by atoms with Crippen molar-refractivity contribution in [2.24, 2.45) is 16.1 Å². The lowest BCUT2D eigenvalue weighted by atomic mass is 9.67. The quantitative estimate of drug-likeness (QED) is 0.792. The summed E-state index contributed by atoms with van der Waals surface area (Å²) in [4.78, 5) is 25.4. The van der Waals surface area contributed by atoms with Crippen LogP contribution in [0.5, 0.6) is 0 Å². The summed E-state index contributed by atoms with van der Waals surface area (Å²) in [7, 11) is 2.56. The maximum atomic E-state index is 12.9. The van der Waals surface area contributed by atoms with Gasteiger partial charge in [0, 0.05) is 0 Å². The first-order chi connectivity index (χ1) is 12.5. The lowest BCUT2D eigenvalue weighted by Crippen LogP contribution is -2.52. The molecule has 1 heterocycles. The van der Waals surface area contributed by atoms with Crippen LogP contribution in [0.2, 0.25) is 0 Å². The van der Waals surface area contributed by atoms with Crippen LogP contribution in [0.1, 0.15) is 18.1 Å². The number of carbonyl (C=O) groups is 2. The third-order valence-corrected chi connectivity index (χ3v) is 4.86. The average Bonchev–Trinajstić information content (AvgIpc) is 3.03. The molecular weight excluding hydrogens is 332 g/mol. The average molecular weight is 352 g/mol. The standard InChI is InChI=1S/C20H20N2O4/c1-19(18(24)26-3)16(17(23)25-2)20(22-21-19,14-10-6-4-7-11-14)15-12-8-5-9-13-15/h4-13,16H,1-3H3/t16-,19-/m1/s1. The second kappa shape index (κ2) is 6.71. The summed E-state index contributed by atoms with van der Waals surface area (Å²) < 4.78 is 9.98. The molecule has 134 valence electrons. The lowest BCUT2D eigenvalue weighted by Gasteiger charge is -2.35. The van der Waals surface area contributed by atoms with Crippen LogP contribution in [-0.2, 0) is 24.6 Å². The van der Waals surface area contributed by atoms with Crippen LogP contribution < -0.4 is 0 Å². The smallest absolute Gasteiger partial charge is 0.336 e. The number of rotatable bonds is 4. The van der Waals surface area contributed by atoms with Gasteiger partial charge in [0.2, 0.25) is 0 Å². The molecule has 2 aromatic carbocycles. The minimum absolute atomic E-state index is 0.574. The van der Waals surface area contributed by atoms with E-state index in [0.717, 1.165) is 11.1 Å². The van der Waals surface area contributed by atoms with Crippen LogP contribution in [0.15, 0.2) is 70.9 Å². The molecule has 0 aromatic heterocycles. The fraction of sp³-hybridized carbons (Fsp3) is 0.300. The number of hydrogen-bond donors (Lipinski definition) is 0. The van der Waals surface area contributed by atoms with Gasteiger partial charge in [-0.25, -0.2) is 4.79 Å². The molecule has 0 bridgehead atoms. The number of methoxy groups -OCH3 is 2. The largest absolute Gasteiger partial charge is 0.469 e. The molecule has 0 amide bonds. The van der Waals surface area contributed by atoms with E-state index in [9.17, 15) is 9.59 Å². The minimum atomic E-state index is -1.49. The Kier molecular flexibility index (Phi) is 4.59. The molecule has 0 N–H and O–H groups in total. The molecule has 0 spiro atoms. The van der Waals surface area contributed by atoms with E-state index < -0.39 is 28.9 Å². The molecule has 0 unspecified atom stereocenters. The van der Waals surface area contributed by atoms with Crippen LogP contribution in [0.4, 0.5) is 0 Å². The van der Waals surface area contributed by atoms with Gasteiger partial charge in [-0.3, -0.25) is 4.79 Å². The summed E-state index contributed by atoms with van der Waals surface area (Å²) in [6, 6.07) is 18.7. The van der Waals surface area contributed by atoms with E-state index in [0.29, 0.717) is 0 Å². The van der Waals surface area contributed by atoms with E-state index in [1.54, 1.807) is 6.92 Å². The Balaban J connectivity index is 2.32. The summed E-state index contributed by atoms with van der Waals surface area (Å²) in [6.45, 7) is 1.55. The van der Waals surface area contributed by atoms with Crippen molar-refractivity contribution in [1.29, 1.82) is 0 Å². The van der Waals surface area contributed by atoms with E-state index in [1.165, 1.54) is 14.2 Å². The number of azo groups is 1. The molecule has 0 radical (unpaired) electrons. The van der Waals surface area contributed by atoms with Crippen LogP contribution in [-0.4, -0.2) is 31.7 Å². The Labute approximate surface area is 151 Å². The van der Waals surface area contributed by atoms with Gasteiger partial charge in [0.1, 0.15) is 11.5 Å². The first kappa shape index (κ1) is 17.8. The van der Waals surface area contributed by atoms with E-state index in [-0.39, 0.29) is 0 Å². The first-order valence-corrected chi connectivity index (χ1v) is 8.22. The third-order valence-electron chi connectivity index (χ3n) is 4.86. The maximum absolute atomic E-state index is 12.9. The molecule has 1 aliphatic heterocycles. The van der Waals surface area contributed by atoms with Gasteiger partial charge in [0.05, 0.1) is 14.2 Å². The van der Waals surface area contributed by atoms with Crippen molar-refractivity contribution < 1.29 is 19.1 Å². The number of benzene rings is 2. The van der Waals surface area contributed by atoms with Gasteiger partial charge in [0.25, 0.3) is 0 Å². The Morgan fingerprint density at radius 3 is 1.77 bits per heavy atom.